The number of aromatic hydroxyl groups is 1. The first kappa shape index (κ1) is 8.53. The van der Waals surface area contributed by atoms with Crippen molar-refractivity contribution in [1.29, 1.82) is 0 Å². The molecular formula is C10H13NO2. The van der Waals surface area contributed by atoms with Crippen molar-refractivity contribution in [3.05, 3.63) is 29.8 Å². The van der Waals surface area contributed by atoms with E-state index in [1.54, 1.807) is 12.1 Å². The highest BCUT2D eigenvalue weighted by atomic mass is 16.5. The highest BCUT2D eigenvalue weighted by Gasteiger charge is 2.26. The molecule has 13 heavy (non-hydrogen) atoms. The smallest absolute Gasteiger partial charge is 0.115 e. The van der Waals surface area contributed by atoms with Gasteiger partial charge in [0.25, 0.3) is 0 Å². The molecule has 2 unspecified atom stereocenters. The number of phenolic OH excluding ortho intramolecular Hbond substituents is 1. The van der Waals surface area contributed by atoms with Crippen LogP contribution in [-0.4, -0.2) is 24.4 Å². The van der Waals surface area contributed by atoms with Gasteiger partial charge >= 0.3 is 0 Å². The lowest BCUT2D eigenvalue weighted by atomic mass is 9.95. The van der Waals surface area contributed by atoms with E-state index in [9.17, 15) is 5.11 Å². The van der Waals surface area contributed by atoms with Crippen molar-refractivity contribution in [3.63, 3.8) is 0 Å². The molecule has 0 aliphatic carbocycles. The van der Waals surface area contributed by atoms with Gasteiger partial charge in [0.2, 0.25) is 0 Å². The largest absolute Gasteiger partial charge is 0.508 e. The van der Waals surface area contributed by atoms with Gasteiger partial charge in [0.15, 0.2) is 0 Å². The molecule has 1 aromatic rings. The molecule has 0 aromatic heterocycles. The fourth-order valence-electron chi connectivity index (χ4n) is 1.67. The van der Waals surface area contributed by atoms with Gasteiger partial charge in [-0.15, -0.1) is 0 Å². The fourth-order valence-corrected chi connectivity index (χ4v) is 1.67. The first-order valence-corrected chi connectivity index (χ1v) is 4.39. The first-order chi connectivity index (χ1) is 6.27. The van der Waals surface area contributed by atoms with E-state index in [0.717, 1.165) is 5.56 Å². The van der Waals surface area contributed by atoms with Gasteiger partial charge in [-0.25, -0.2) is 0 Å². The molecule has 1 saturated heterocycles. The van der Waals surface area contributed by atoms with Crippen LogP contribution in [0.2, 0.25) is 0 Å². The Labute approximate surface area is 77.1 Å². The molecule has 70 valence electrons. The third-order valence-corrected chi connectivity index (χ3v) is 2.42. The van der Waals surface area contributed by atoms with Crippen LogP contribution in [0.25, 0.3) is 0 Å². The van der Waals surface area contributed by atoms with Gasteiger partial charge in [0.1, 0.15) is 5.75 Å². The Morgan fingerprint density at radius 3 is 2.85 bits per heavy atom. The molecule has 0 saturated carbocycles. The summed E-state index contributed by atoms with van der Waals surface area (Å²) in [5.74, 6) is 0.517. The monoisotopic (exact) mass is 179 g/mol. The summed E-state index contributed by atoms with van der Waals surface area (Å²) in [5.41, 5.74) is 6.91. The van der Waals surface area contributed by atoms with Gasteiger partial charge in [-0.3, -0.25) is 0 Å². The molecule has 3 heteroatoms. The zero-order chi connectivity index (χ0) is 9.26. The molecule has 3 N–H and O–H groups in total. The second kappa shape index (κ2) is 3.36. The Morgan fingerprint density at radius 1 is 1.38 bits per heavy atom. The van der Waals surface area contributed by atoms with Crippen LogP contribution in [0.4, 0.5) is 0 Å². The number of ether oxygens (including phenoxy) is 1. The zero-order valence-electron chi connectivity index (χ0n) is 7.31. The van der Waals surface area contributed by atoms with Gasteiger partial charge in [0, 0.05) is 12.0 Å². The summed E-state index contributed by atoms with van der Waals surface area (Å²) < 4.78 is 5.26. The minimum absolute atomic E-state index is 0.0572. The van der Waals surface area contributed by atoms with Gasteiger partial charge in [-0.2, -0.15) is 0 Å². The van der Waals surface area contributed by atoms with E-state index in [2.05, 4.69) is 0 Å². The van der Waals surface area contributed by atoms with Crippen LogP contribution in [0.3, 0.4) is 0 Å². The van der Waals surface area contributed by atoms with Crippen LogP contribution < -0.4 is 5.73 Å². The number of nitrogens with two attached hydrogens (primary N) is 1. The Balaban J connectivity index is 2.24. The Morgan fingerprint density at radius 2 is 2.23 bits per heavy atom. The van der Waals surface area contributed by atoms with Gasteiger partial charge in [-0.05, 0) is 17.7 Å². The highest BCUT2D eigenvalue weighted by molar-refractivity contribution is 5.31. The maximum absolute atomic E-state index is 9.28. The normalized spacial score (nSPS) is 27.8. The van der Waals surface area contributed by atoms with Crippen molar-refractivity contribution in [3.8, 4) is 5.75 Å². The Kier molecular flexibility index (Phi) is 2.20. The lowest BCUT2D eigenvalue weighted by Gasteiger charge is -2.13. The Hall–Kier alpha value is -1.06. The van der Waals surface area contributed by atoms with Crippen LogP contribution in [0.15, 0.2) is 24.3 Å². The molecule has 1 heterocycles. The van der Waals surface area contributed by atoms with E-state index in [1.165, 1.54) is 0 Å². The number of rotatable bonds is 1. The lowest BCUT2D eigenvalue weighted by molar-refractivity contribution is 0.191. The molecule has 3 nitrogen and oxygen atoms in total. The van der Waals surface area contributed by atoms with E-state index in [1.807, 2.05) is 12.1 Å². The average molecular weight is 179 g/mol. The first-order valence-electron chi connectivity index (χ1n) is 4.39. The number of hydrogen-bond donors (Lipinski definition) is 2. The summed E-state index contributed by atoms with van der Waals surface area (Å²) in [5, 5.41) is 9.28. The summed E-state index contributed by atoms with van der Waals surface area (Å²) in [4.78, 5) is 0. The van der Waals surface area contributed by atoms with Crippen LogP contribution in [0.1, 0.15) is 11.5 Å². The zero-order valence-corrected chi connectivity index (χ0v) is 7.31. The standard InChI is InChI=1S/C10H13NO2/c11-10-6-13-5-9(10)7-2-1-3-8(12)4-7/h1-4,9-10,12H,5-6,11H2. The fraction of sp³-hybridized carbons (Fsp3) is 0.400. The van der Waals surface area contributed by atoms with Crippen molar-refractivity contribution in [1.82, 2.24) is 0 Å². The predicted octanol–water partition coefficient (Wildman–Crippen LogP) is 0.833. The van der Waals surface area contributed by atoms with Crippen molar-refractivity contribution >= 4 is 0 Å². The topological polar surface area (TPSA) is 55.5 Å². The molecule has 1 fully saturated rings. The molecule has 1 aliphatic heterocycles. The van der Waals surface area contributed by atoms with E-state index in [0.29, 0.717) is 13.2 Å². The van der Waals surface area contributed by atoms with Crippen LogP contribution in [-0.2, 0) is 4.74 Å². The van der Waals surface area contributed by atoms with E-state index < -0.39 is 0 Å². The summed E-state index contributed by atoms with van der Waals surface area (Å²) in [7, 11) is 0. The maximum atomic E-state index is 9.28. The van der Waals surface area contributed by atoms with Crippen molar-refractivity contribution in [2.75, 3.05) is 13.2 Å². The lowest BCUT2D eigenvalue weighted by Crippen LogP contribution is -2.26. The van der Waals surface area contributed by atoms with Crippen molar-refractivity contribution in [2.45, 2.75) is 12.0 Å². The van der Waals surface area contributed by atoms with Crippen LogP contribution in [0.5, 0.6) is 5.75 Å². The Bertz CT molecular complexity index is 301. The minimum Gasteiger partial charge on any atom is -0.508 e. The number of hydrogen-bond acceptors (Lipinski definition) is 3. The maximum Gasteiger partial charge on any atom is 0.115 e. The van der Waals surface area contributed by atoms with E-state index in [4.69, 9.17) is 10.5 Å². The summed E-state index contributed by atoms with van der Waals surface area (Å²) in [6, 6.07) is 7.26. The molecule has 1 aromatic carbocycles. The number of phenols is 1. The average Bonchev–Trinajstić information content (AvgIpc) is 2.51. The second-order valence-electron chi connectivity index (χ2n) is 3.40. The molecule has 1 aliphatic rings. The summed E-state index contributed by atoms with van der Waals surface area (Å²) in [6.45, 7) is 1.27. The second-order valence-corrected chi connectivity index (χ2v) is 3.40. The number of benzene rings is 1. The molecule has 0 amide bonds. The molecule has 0 radical (unpaired) electrons. The molecule has 0 spiro atoms. The van der Waals surface area contributed by atoms with Gasteiger partial charge in [0.05, 0.1) is 13.2 Å². The summed E-state index contributed by atoms with van der Waals surface area (Å²) >= 11 is 0. The quantitative estimate of drug-likeness (QED) is 0.671. The summed E-state index contributed by atoms with van der Waals surface area (Å²) in [6.07, 6.45) is 0. The molecular weight excluding hydrogens is 166 g/mol. The van der Waals surface area contributed by atoms with Crippen LogP contribution in [0, 0.1) is 0 Å². The molecule has 2 atom stereocenters. The van der Waals surface area contributed by atoms with Gasteiger partial charge < -0.3 is 15.6 Å². The van der Waals surface area contributed by atoms with Crippen LogP contribution >= 0.6 is 0 Å². The van der Waals surface area contributed by atoms with E-state index in [-0.39, 0.29) is 17.7 Å². The SMILES string of the molecule is NC1COCC1c1cccc(O)c1. The minimum atomic E-state index is 0.0572. The third kappa shape index (κ3) is 1.66. The highest BCUT2D eigenvalue weighted by Crippen LogP contribution is 2.26. The molecule has 2 rings (SSSR count). The van der Waals surface area contributed by atoms with Gasteiger partial charge in [-0.1, -0.05) is 12.1 Å². The predicted molar refractivity (Wildman–Crippen MR) is 49.6 cm³/mol. The van der Waals surface area contributed by atoms with Crippen molar-refractivity contribution in [2.24, 2.45) is 5.73 Å². The third-order valence-electron chi connectivity index (χ3n) is 2.42. The van der Waals surface area contributed by atoms with Crippen molar-refractivity contribution < 1.29 is 9.84 Å². The molecule has 0 bridgehead atoms. The van der Waals surface area contributed by atoms with E-state index >= 15 is 0 Å².